The van der Waals surface area contributed by atoms with Gasteiger partial charge in [0.05, 0.1) is 0 Å². The molecule has 0 spiro atoms. The summed E-state index contributed by atoms with van der Waals surface area (Å²) in [6.45, 7) is 3.99. The Kier molecular flexibility index (Phi) is 5.81. The van der Waals surface area contributed by atoms with E-state index in [1.54, 1.807) is 0 Å². The van der Waals surface area contributed by atoms with E-state index in [0.29, 0.717) is 6.54 Å². The number of benzene rings is 1. The number of hydrogen-bond acceptors (Lipinski definition) is 4. The van der Waals surface area contributed by atoms with Gasteiger partial charge in [-0.05, 0) is 37.1 Å². The van der Waals surface area contributed by atoms with Crippen LogP contribution in [-0.2, 0) is 27.5 Å². The predicted octanol–water partition coefficient (Wildman–Crippen LogP) is 1.44. The quantitative estimate of drug-likeness (QED) is 0.761. The predicted molar refractivity (Wildman–Crippen MR) is 93.4 cm³/mol. The average Bonchev–Trinajstić information content (AvgIpc) is 3.23. The van der Waals surface area contributed by atoms with Crippen LogP contribution >= 0.6 is 0 Å². The molecule has 0 unspecified atom stereocenters. The van der Waals surface area contributed by atoms with Crippen molar-refractivity contribution in [2.45, 2.75) is 45.2 Å². The van der Waals surface area contributed by atoms with Crippen LogP contribution in [0.5, 0.6) is 0 Å². The molecular weight excluding hydrogens is 318 g/mol. The lowest BCUT2D eigenvalue weighted by Crippen LogP contribution is -2.34. The number of imide groups is 1. The van der Waals surface area contributed by atoms with Crippen molar-refractivity contribution in [1.82, 2.24) is 15.1 Å². The van der Waals surface area contributed by atoms with Crippen molar-refractivity contribution >= 4 is 17.7 Å². The fourth-order valence-electron chi connectivity index (χ4n) is 3.34. The van der Waals surface area contributed by atoms with Gasteiger partial charge in [0.2, 0.25) is 17.7 Å². The highest BCUT2D eigenvalue weighted by Gasteiger charge is 2.28. The van der Waals surface area contributed by atoms with Crippen molar-refractivity contribution in [2.24, 2.45) is 0 Å². The highest BCUT2D eigenvalue weighted by atomic mass is 16.2. The van der Waals surface area contributed by atoms with E-state index in [1.807, 2.05) is 12.1 Å². The Hall–Kier alpha value is -2.21. The molecule has 1 aromatic rings. The lowest BCUT2D eigenvalue weighted by molar-refractivity contribution is -0.138. The molecule has 6 heteroatoms. The minimum Gasteiger partial charge on any atom is -0.352 e. The van der Waals surface area contributed by atoms with Gasteiger partial charge in [0.1, 0.15) is 0 Å². The summed E-state index contributed by atoms with van der Waals surface area (Å²) in [7, 11) is 0. The molecule has 0 saturated carbocycles. The van der Waals surface area contributed by atoms with Crippen LogP contribution in [0.15, 0.2) is 24.3 Å². The molecule has 2 heterocycles. The average molecular weight is 343 g/mol. The van der Waals surface area contributed by atoms with Gasteiger partial charge in [-0.25, -0.2) is 0 Å². The van der Waals surface area contributed by atoms with Crippen LogP contribution in [0.3, 0.4) is 0 Å². The van der Waals surface area contributed by atoms with Gasteiger partial charge in [-0.1, -0.05) is 24.3 Å². The number of rotatable bonds is 7. The van der Waals surface area contributed by atoms with E-state index in [9.17, 15) is 14.4 Å². The Morgan fingerprint density at radius 1 is 0.960 bits per heavy atom. The molecular formula is C19H25N3O3. The fourth-order valence-corrected chi connectivity index (χ4v) is 3.34. The molecule has 1 N–H and O–H groups in total. The molecule has 0 aliphatic carbocycles. The Labute approximate surface area is 148 Å². The van der Waals surface area contributed by atoms with E-state index in [4.69, 9.17) is 0 Å². The number of likely N-dealkylation sites (tertiary alicyclic amines) is 2. The summed E-state index contributed by atoms with van der Waals surface area (Å²) >= 11 is 0. The molecule has 0 aromatic heterocycles. The molecule has 3 rings (SSSR count). The largest absolute Gasteiger partial charge is 0.352 e. The normalized spacial score (nSPS) is 18.2. The van der Waals surface area contributed by atoms with Gasteiger partial charge < -0.3 is 5.32 Å². The highest BCUT2D eigenvalue weighted by molar-refractivity contribution is 6.02. The van der Waals surface area contributed by atoms with Gasteiger partial charge in [-0.15, -0.1) is 0 Å². The summed E-state index contributed by atoms with van der Waals surface area (Å²) in [5.74, 6) is -0.494. The first kappa shape index (κ1) is 17.6. The summed E-state index contributed by atoms with van der Waals surface area (Å²) in [5, 5.41) is 2.85. The SMILES string of the molecule is O=C(CCN1C(=O)CCC1=O)NCc1ccc(CN2CCCC2)cc1. The van der Waals surface area contributed by atoms with Crippen molar-refractivity contribution in [2.75, 3.05) is 19.6 Å². The van der Waals surface area contributed by atoms with Gasteiger partial charge >= 0.3 is 0 Å². The van der Waals surface area contributed by atoms with Crippen LogP contribution in [0.1, 0.15) is 43.2 Å². The lowest BCUT2D eigenvalue weighted by atomic mass is 10.1. The van der Waals surface area contributed by atoms with Crippen LogP contribution in [0.4, 0.5) is 0 Å². The standard InChI is InChI=1S/C19H25N3O3/c23-17(9-12-22-18(24)7-8-19(22)25)20-13-15-3-5-16(6-4-15)14-21-10-1-2-11-21/h3-6H,1-2,7-14H2,(H,20,23). The molecule has 0 atom stereocenters. The molecule has 0 radical (unpaired) electrons. The Bertz CT molecular complexity index is 620. The summed E-state index contributed by atoms with van der Waals surface area (Å²) in [6, 6.07) is 8.31. The highest BCUT2D eigenvalue weighted by Crippen LogP contribution is 2.14. The lowest BCUT2D eigenvalue weighted by Gasteiger charge is -2.15. The molecule has 3 amide bonds. The molecule has 2 aliphatic heterocycles. The van der Waals surface area contributed by atoms with Gasteiger partial charge in [-0.3, -0.25) is 24.2 Å². The van der Waals surface area contributed by atoms with Gasteiger partial charge in [0, 0.05) is 38.9 Å². The van der Waals surface area contributed by atoms with Crippen LogP contribution in [0.25, 0.3) is 0 Å². The first-order valence-corrected chi connectivity index (χ1v) is 9.02. The van der Waals surface area contributed by atoms with Crippen LogP contribution in [0, 0.1) is 0 Å². The molecule has 134 valence electrons. The van der Waals surface area contributed by atoms with Crippen molar-refractivity contribution in [3.05, 3.63) is 35.4 Å². The first-order chi connectivity index (χ1) is 12.1. The third-order valence-electron chi connectivity index (χ3n) is 4.83. The van der Waals surface area contributed by atoms with Crippen molar-refractivity contribution in [1.29, 1.82) is 0 Å². The van der Waals surface area contributed by atoms with Crippen LogP contribution < -0.4 is 5.32 Å². The zero-order chi connectivity index (χ0) is 17.6. The van der Waals surface area contributed by atoms with E-state index in [-0.39, 0.29) is 43.5 Å². The van der Waals surface area contributed by atoms with Crippen molar-refractivity contribution in [3.8, 4) is 0 Å². The molecule has 6 nitrogen and oxygen atoms in total. The number of nitrogens with one attached hydrogen (secondary N) is 1. The second kappa shape index (κ2) is 8.25. The van der Waals surface area contributed by atoms with E-state index in [2.05, 4.69) is 22.3 Å². The number of carbonyl (C=O) groups is 3. The van der Waals surface area contributed by atoms with E-state index in [1.165, 1.54) is 36.4 Å². The van der Waals surface area contributed by atoms with Gasteiger partial charge in [0.25, 0.3) is 0 Å². The Morgan fingerprint density at radius 3 is 2.20 bits per heavy atom. The summed E-state index contributed by atoms with van der Waals surface area (Å²) in [6.07, 6.45) is 3.27. The molecule has 2 saturated heterocycles. The van der Waals surface area contributed by atoms with E-state index < -0.39 is 0 Å². The summed E-state index contributed by atoms with van der Waals surface area (Å²) in [5.41, 5.74) is 2.34. The maximum Gasteiger partial charge on any atom is 0.229 e. The number of amides is 3. The zero-order valence-electron chi connectivity index (χ0n) is 14.5. The van der Waals surface area contributed by atoms with Gasteiger partial charge in [-0.2, -0.15) is 0 Å². The van der Waals surface area contributed by atoms with Gasteiger partial charge in [0.15, 0.2) is 0 Å². The second-order valence-corrected chi connectivity index (χ2v) is 6.77. The van der Waals surface area contributed by atoms with Crippen molar-refractivity contribution < 1.29 is 14.4 Å². The zero-order valence-corrected chi connectivity index (χ0v) is 14.5. The third-order valence-corrected chi connectivity index (χ3v) is 4.83. The molecule has 2 fully saturated rings. The minimum atomic E-state index is -0.175. The summed E-state index contributed by atoms with van der Waals surface area (Å²) < 4.78 is 0. The Balaban J connectivity index is 1.39. The number of carbonyl (C=O) groups excluding carboxylic acids is 3. The third kappa shape index (κ3) is 4.89. The smallest absolute Gasteiger partial charge is 0.229 e. The molecule has 25 heavy (non-hydrogen) atoms. The minimum absolute atomic E-state index is 0.145. The first-order valence-electron chi connectivity index (χ1n) is 9.02. The number of nitrogens with zero attached hydrogens (tertiary/aromatic N) is 2. The van der Waals surface area contributed by atoms with E-state index in [0.717, 1.165) is 12.1 Å². The number of hydrogen-bond donors (Lipinski definition) is 1. The van der Waals surface area contributed by atoms with Crippen LogP contribution in [0.2, 0.25) is 0 Å². The fraction of sp³-hybridized carbons (Fsp3) is 0.526. The molecule has 2 aliphatic rings. The second-order valence-electron chi connectivity index (χ2n) is 6.77. The molecule has 1 aromatic carbocycles. The van der Waals surface area contributed by atoms with E-state index >= 15 is 0 Å². The topological polar surface area (TPSA) is 69.7 Å². The monoisotopic (exact) mass is 343 g/mol. The maximum atomic E-state index is 11.9. The molecule has 0 bridgehead atoms. The Morgan fingerprint density at radius 2 is 1.56 bits per heavy atom. The van der Waals surface area contributed by atoms with Crippen LogP contribution in [-0.4, -0.2) is 47.2 Å². The maximum absolute atomic E-state index is 11.9. The summed E-state index contributed by atoms with van der Waals surface area (Å²) in [4.78, 5) is 38.6. The van der Waals surface area contributed by atoms with Crippen molar-refractivity contribution in [3.63, 3.8) is 0 Å².